The summed E-state index contributed by atoms with van der Waals surface area (Å²) in [6.45, 7) is 0.408. The van der Waals surface area contributed by atoms with E-state index >= 15 is 0 Å². The van der Waals surface area contributed by atoms with Gasteiger partial charge in [-0.1, -0.05) is 0 Å². The van der Waals surface area contributed by atoms with Crippen molar-refractivity contribution in [3.63, 3.8) is 0 Å². The molecule has 0 spiro atoms. The molecule has 1 aromatic heterocycles. The highest BCUT2D eigenvalue weighted by Crippen LogP contribution is 2.37. The van der Waals surface area contributed by atoms with Crippen LogP contribution in [0.4, 0.5) is 13.2 Å². The van der Waals surface area contributed by atoms with Gasteiger partial charge in [-0.25, -0.2) is 4.98 Å². The summed E-state index contributed by atoms with van der Waals surface area (Å²) in [6, 6.07) is 1.78. The van der Waals surface area contributed by atoms with Crippen LogP contribution < -0.4 is 15.4 Å². The number of nitrogens with zero attached hydrogens (tertiary/aromatic N) is 1. The van der Waals surface area contributed by atoms with E-state index in [0.29, 0.717) is 0 Å². The Kier molecular flexibility index (Phi) is 5.27. The van der Waals surface area contributed by atoms with E-state index in [4.69, 9.17) is 9.47 Å². The smallest absolute Gasteiger partial charge is 0.421 e. The molecule has 3 rings (SSSR count). The second-order valence-corrected chi connectivity index (χ2v) is 6.88. The number of amides is 2. The van der Waals surface area contributed by atoms with Crippen LogP contribution in [0.3, 0.4) is 0 Å². The maximum absolute atomic E-state index is 13.2. The number of hydrogen-bond donors (Lipinski definition) is 2. The third-order valence-corrected chi connectivity index (χ3v) is 4.46. The fraction of sp³-hybridized carbons (Fsp3) is 0.588. The zero-order valence-corrected chi connectivity index (χ0v) is 14.7. The van der Waals surface area contributed by atoms with Gasteiger partial charge in [-0.15, -0.1) is 0 Å². The number of carbonyl (C=O) groups excluding carboxylic acids is 2. The molecule has 0 unspecified atom stereocenters. The van der Waals surface area contributed by atoms with Crippen LogP contribution in [0.2, 0.25) is 0 Å². The zero-order chi connectivity index (χ0) is 19.7. The molecule has 2 amide bonds. The van der Waals surface area contributed by atoms with Gasteiger partial charge in [-0.05, 0) is 30.9 Å². The van der Waals surface area contributed by atoms with Gasteiger partial charge in [-0.2, -0.15) is 13.2 Å². The molecule has 1 saturated carbocycles. The molecule has 2 heterocycles. The highest BCUT2D eigenvalue weighted by atomic mass is 19.4. The summed E-state index contributed by atoms with van der Waals surface area (Å²) in [5.74, 6) is -1.35. The van der Waals surface area contributed by atoms with E-state index in [1.165, 1.54) is 7.05 Å². The van der Waals surface area contributed by atoms with Crippen molar-refractivity contribution in [1.29, 1.82) is 0 Å². The number of pyridine rings is 1. The lowest BCUT2D eigenvalue weighted by Crippen LogP contribution is -2.63. The molecule has 7 nitrogen and oxygen atoms in total. The monoisotopic (exact) mass is 387 g/mol. The lowest BCUT2D eigenvalue weighted by Gasteiger charge is -2.41. The Morgan fingerprint density at radius 2 is 2.04 bits per heavy atom. The summed E-state index contributed by atoms with van der Waals surface area (Å²) >= 11 is 0. The van der Waals surface area contributed by atoms with Gasteiger partial charge in [0.1, 0.15) is 11.3 Å². The summed E-state index contributed by atoms with van der Waals surface area (Å²) in [5.41, 5.74) is -2.12. The summed E-state index contributed by atoms with van der Waals surface area (Å²) in [5, 5.41) is 5.11. The molecule has 27 heavy (non-hydrogen) atoms. The predicted octanol–water partition coefficient (Wildman–Crippen LogP) is 1.52. The van der Waals surface area contributed by atoms with Crippen LogP contribution in [0.25, 0.3) is 0 Å². The average Bonchev–Trinajstić information content (AvgIpc) is 3.41. The third kappa shape index (κ3) is 4.68. The Morgan fingerprint density at radius 1 is 1.33 bits per heavy atom. The molecule has 1 aliphatic carbocycles. The summed E-state index contributed by atoms with van der Waals surface area (Å²) in [4.78, 5) is 27.9. The summed E-state index contributed by atoms with van der Waals surface area (Å²) < 4.78 is 49.8. The third-order valence-electron chi connectivity index (χ3n) is 4.46. The van der Waals surface area contributed by atoms with Crippen molar-refractivity contribution in [2.75, 3.05) is 26.9 Å². The quantitative estimate of drug-likeness (QED) is 0.741. The number of ether oxygens (including phenoxy) is 2. The van der Waals surface area contributed by atoms with Crippen LogP contribution in [-0.4, -0.2) is 49.2 Å². The fourth-order valence-corrected chi connectivity index (χ4v) is 2.64. The van der Waals surface area contributed by atoms with Gasteiger partial charge in [0, 0.05) is 7.05 Å². The Labute approximate surface area is 153 Å². The Hall–Kier alpha value is -2.36. The van der Waals surface area contributed by atoms with E-state index in [-0.39, 0.29) is 43.8 Å². The molecule has 0 aromatic carbocycles. The number of aromatic nitrogens is 1. The van der Waals surface area contributed by atoms with Crippen molar-refractivity contribution in [3.05, 3.63) is 23.4 Å². The van der Waals surface area contributed by atoms with Gasteiger partial charge in [0.15, 0.2) is 0 Å². The van der Waals surface area contributed by atoms with Crippen LogP contribution in [0, 0.1) is 5.92 Å². The van der Waals surface area contributed by atoms with Crippen molar-refractivity contribution in [1.82, 2.24) is 15.6 Å². The van der Waals surface area contributed by atoms with Gasteiger partial charge in [0.25, 0.3) is 5.91 Å². The number of nitrogens with one attached hydrogen (secondary N) is 2. The number of carbonyl (C=O) groups is 2. The maximum atomic E-state index is 13.2. The average molecular weight is 387 g/mol. The van der Waals surface area contributed by atoms with Crippen LogP contribution in [0.15, 0.2) is 12.1 Å². The van der Waals surface area contributed by atoms with Crippen molar-refractivity contribution in [2.24, 2.45) is 5.92 Å². The van der Waals surface area contributed by atoms with E-state index in [1.54, 1.807) is 0 Å². The molecule has 2 N–H and O–H groups in total. The first-order chi connectivity index (χ1) is 12.7. The zero-order valence-electron chi connectivity index (χ0n) is 14.7. The van der Waals surface area contributed by atoms with Crippen molar-refractivity contribution in [3.8, 4) is 5.88 Å². The summed E-state index contributed by atoms with van der Waals surface area (Å²) in [6.07, 6.45) is -2.82. The minimum atomic E-state index is -4.64. The van der Waals surface area contributed by atoms with Crippen LogP contribution in [0.5, 0.6) is 5.88 Å². The standard InChI is InChI=1S/C17H20F3N3O4/c1-21-13(24)6-16(8-26-9-16)23-14(25)12-5-4-11(17(18,19)20)15(22-12)27-7-10-2-3-10/h4-5,10H,2-3,6-9H2,1H3,(H,21,24)(H,23,25). The van der Waals surface area contributed by atoms with Crippen molar-refractivity contribution in [2.45, 2.75) is 31.0 Å². The molecule has 0 radical (unpaired) electrons. The van der Waals surface area contributed by atoms with E-state index in [2.05, 4.69) is 15.6 Å². The number of halogens is 3. The Bertz CT molecular complexity index is 731. The van der Waals surface area contributed by atoms with Crippen LogP contribution in [-0.2, 0) is 15.7 Å². The molecule has 10 heteroatoms. The van der Waals surface area contributed by atoms with Gasteiger partial charge in [0.05, 0.1) is 31.8 Å². The van der Waals surface area contributed by atoms with E-state index in [1.807, 2.05) is 0 Å². The first-order valence-corrected chi connectivity index (χ1v) is 8.54. The highest BCUT2D eigenvalue weighted by Gasteiger charge is 2.42. The first kappa shape index (κ1) is 19.4. The minimum absolute atomic E-state index is 0.000905. The fourth-order valence-electron chi connectivity index (χ4n) is 2.64. The maximum Gasteiger partial charge on any atom is 0.421 e. The molecule has 2 fully saturated rings. The SMILES string of the molecule is CNC(=O)CC1(NC(=O)c2ccc(C(F)(F)F)c(OCC3CC3)n2)COC1. The first-order valence-electron chi connectivity index (χ1n) is 8.54. The normalized spacial score (nSPS) is 18.4. The Balaban J connectivity index is 1.77. The topological polar surface area (TPSA) is 89.6 Å². The predicted molar refractivity (Wildman–Crippen MR) is 87.2 cm³/mol. The largest absolute Gasteiger partial charge is 0.477 e. The van der Waals surface area contributed by atoms with Crippen molar-refractivity contribution < 1.29 is 32.2 Å². The molecule has 2 aliphatic rings. The Morgan fingerprint density at radius 3 is 2.56 bits per heavy atom. The minimum Gasteiger partial charge on any atom is -0.477 e. The molecule has 1 aliphatic heterocycles. The molecular formula is C17H20F3N3O4. The second kappa shape index (κ2) is 7.34. The van der Waals surface area contributed by atoms with Crippen LogP contribution in [0.1, 0.15) is 35.3 Å². The van der Waals surface area contributed by atoms with Gasteiger partial charge >= 0.3 is 6.18 Å². The van der Waals surface area contributed by atoms with Gasteiger partial charge in [0.2, 0.25) is 11.8 Å². The van der Waals surface area contributed by atoms with Gasteiger partial charge in [-0.3, -0.25) is 9.59 Å². The van der Waals surface area contributed by atoms with Gasteiger partial charge < -0.3 is 20.1 Å². The van der Waals surface area contributed by atoms with E-state index < -0.39 is 29.1 Å². The summed E-state index contributed by atoms with van der Waals surface area (Å²) in [7, 11) is 1.47. The molecule has 1 saturated heterocycles. The molecule has 0 atom stereocenters. The lowest BCUT2D eigenvalue weighted by atomic mass is 9.92. The molecule has 1 aromatic rings. The molecular weight excluding hydrogens is 367 g/mol. The number of alkyl halides is 3. The van der Waals surface area contributed by atoms with Crippen molar-refractivity contribution >= 4 is 11.8 Å². The second-order valence-electron chi connectivity index (χ2n) is 6.88. The van der Waals surface area contributed by atoms with E-state index in [0.717, 1.165) is 25.0 Å². The number of rotatable bonds is 7. The highest BCUT2D eigenvalue weighted by molar-refractivity contribution is 5.93. The van der Waals surface area contributed by atoms with Crippen LogP contribution >= 0.6 is 0 Å². The van der Waals surface area contributed by atoms with E-state index in [9.17, 15) is 22.8 Å². The molecule has 148 valence electrons. The number of hydrogen-bond acceptors (Lipinski definition) is 5. The lowest BCUT2D eigenvalue weighted by molar-refractivity contribution is -0.139. The molecule has 0 bridgehead atoms.